The third kappa shape index (κ3) is 7.69. The number of alkyl halides is 2. The van der Waals surface area contributed by atoms with Crippen molar-refractivity contribution in [2.45, 2.75) is 10.8 Å². The van der Waals surface area contributed by atoms with E-state index in [1.54, 1.807) is 24.3 Å². The van der Waals surface area contributed by atoms with Gasteiger partial charge in [0.25, 0.3) is 0 Å². The standard InChI is InChI=1S/C10H12Cl2O/c1-3-9(11)5-7-13-8-6-10(12)4-2/h3-10H,1-2H2/b7-5+,8-6+. The lowest BCUT2D eigenvalue weighted by Gasteiger charge is -1.94. The van der Waals surface area contributed by atoms with Gasteiger partial charge in [0.1, 0.15) is 0 Å². The fourth-order valence-corrected chi connectivity index (χ4v) is 0.562. The first-order chi connectivity index (χ1) is 6.20. The number of rotatable bonds is 6. The van der Waals surface area contributed by atoms with Crippen LogP contribution in [0, 0.1) is 0 Å². The molecule has 0 amide bonds. The molecule has 2 atom stereocenters. The highest BCUT2D eigenvalue weighted by molar-refractivity contribution is 6.23. The Balaban J connectivity index is 3.65. The highest BCUT2D eigenvalue weighted by Crippen LogP contribution is 2.00. The molecule has 0 saturated heterocycles. The predicted octanol–water partition coefficient (Wildman–Crippen LogP) is 3.62. The average Bonchev–Trinajstić information content (AvgIpc) is 2.16. The zero-order chi connectivity index (χ0) is 10.1. The van der Waals surface area contributed by atoms with Crippen LogP contribution in [-0.2, 0) is 4.74 Å². The van der Waals surface area contributed by atoms with Gasteiger partial charge in [-0.05, 0) is 12.2 Å². The van der Waals surface area contributed by atoms with Crippen LogP contribution in [0.3, 0.4) is 0 Å². The van der Waals surface area contributed by atoms with E-state index in [1.807, 2.05) is 0 Å². The van der Waals surface area contributed by atoms with E-state index >= 15 is 0 Å². The molecule has 0 radical (unpaired) electrons. The van der Waals surface area contributed by atoms with Gasteiger partial charge in [0.2, 0.25) is 0 Å². The van der Waals surface area contributed by atoms with Crippen molar-refractivity contribution < 1.29 is 4.74 Å². The Hall–Kier alpha value is -0.660. The monoisotopic (exact) mass is 218 g/mol. The van der Waals surface area contributed by atoms with Crippen molar-refractivity contribution in [3.8, 4) is 0 Å². The van der Waals surface area contributed by atoms with Gasteiger partial charge in [-0.2, -0.15) is 0 Å². The lowest BCUT2D eigenvalue weighted by Crippen LogP contribution is -1.85. The highest BCUT2D eigenvalue weighted by Gasteiger charge is 1.89. The second kappa shape index (κ2) is 7.96. The molecule has 0 aromatic rings. The summed E-state index contributed by atoms with van der Waals surface area (Å²) in [5.74, 6) is 0. The van der Waals surface area contributed by atoms with Gasteiger partial charge in [-0.15, -0.1) is 36.4 Å². The second-order valence-electron chi connectivity index (χ2n) is 2.15. The zero-order valence-electron chi connectivity index (χ0n) is 7.20. The summed E-state index contributed by atoms with van der Waals surface area (Å²) in [6, 6.07) is 0. The molecule has 0 aliphatic carbocycles. The Morgan fingerprint density at radius 2 is 1.31 bits per heavy atom. The Morgan fingerprint density at radius 3 is 1.62 bits per heavy atom. The van der Waals surface area contributed by atoms with E-state index in [4.69, 9.17) is 27.9 Å². The molecule has 13 heavy (non-hydrogen) atoms. The fourth-order valence-electron chi connectivity index (χ4n) is 0.443. The lowest BCUT2D eigenvalue weighted by atomic mass is 10.4. The van der Waals surface area contributed by atoms with Crippen LogP contribution in [0.25, 0.3) is 0 Å². The van der Waals surface area contributed by atoms with Crippen molar-refractivity contribution in [1.29, 1.82) is 0 Å². The summed E-state index contributed by atoms with van der Waals surface area (Å²) in [6.07, 6.45) is 9.47. The van der Waals surface area contributed by atoms with Crippen LogP contribution < -0.4 is 0 Å². The van der Waals surface area contributed by atoms with Gasteiger partial charge in [-0.1, -0.05) is 12.2 Å². The van der Waals surface area contributed by atoms with Crippen molar-refractivity contribution in [1.82, 2.24) is 0 Å². The van der Waals surface area contributed by atoms with Gasteiger partial charge >= 0.3 is 0 Å². The van der Waals surface area contributed by atoms with Crippen LogP contribution >= 0.6 is 23.2 Å². The minimum Gasteiger partial charge on any atom is -0.473 e. The summed E-state index contributed by atoms with van der Waals surface area (Å²) in [7, 11) is 0. The molecule has 0 fully saturated rings. The zero-order valence-corrected chi connectivity index (χ0v) is 8.71. The van der Waals surface area contributed by atoms with Gasteiger partial charge in [0, 0.05) is 0 Å². The smallest absolute Gasteiger partial charge is 0.0879 e. The molecule has 0 rings (SSSR count). The molecule has 3 heteroatoms. The van der Waals surface area contributed by atoms with Gasteiger partial charge in [0.05, 0.1) is 23.3 Å². The highest BCUT2D eigenvalue weighted by atomic mass is 35.5. The van der Waals surface area contributed by atoms with Crippen LogP contribution in [0.4, 0.5) is 0 Å². The van der Waals surface area contributed by atoms with E-state index in [-0.39, 0.29) is 10.8 Å². The molecule has 0 N–H and O–H groups in total. The van der Waals surface area contributed by atoms with E-state index in [0.717, 1.165) is 0 Å². The minimum atomic E-state index is -0.209. The number of hydrogen-bond donors (Lipinski definition) is 0. The fraction of sp³-hybridized carbons (Fsp3) is 0.200. The topological polar surface area (TPSA) is 9.23 Å². The number of ether oxygens (including phenoxy) is 1. The molecule has 0 aliphatic rings. The molecule has 72 valence electrons. The predicted molar refractivity (Wildman–Crippen MR) is 59.0 cm³/mol. The second-order valence-corrected chi connectivity index (χ2v) is 3.16. The maximum atomic E-state index is 5.68. The van der Waals surface area contributed by atoms with Crippen LogP contribution in [0.15, 0.2) is 50.0 Å². The van der Waals surface area contributed by atoms with Crippen LogP contribution in [0.2, 0.25) is 0 Å². The normalized spacial score (nSPS) is 15.8. The average molecular weight is 219 g/mol. The van der Waals surface area contributed by atoms with E-state index in [1.165, 1.54) is 12.5 Å². The molecule has 1 nitrogen and oxygen atoms in total. The van der Waals surface area contributed by atoms with Gasteiger partial charge < -0.3 is 4.74 Å². The Kier molecular flexibility index (Phi) is 7.56. The van der Waals surface area contributed by atoms with E-state index < -0.39 is 0 Å². The maximum Gasteiger partial charge on any atom is 0.0879 e. The molecule has 0 heterocycles. The van der Waals surface area contributed by atoms with Crippen LogP contribution in [0.5, 0.6) is 0 Å². The van der Waals surface area contributed by atoms with Crippen molar-refractivity contribution in [2.75, 3.05) is 0 Å². The summed E-state index contributed by atoms with van der Waals surface area (Å²) in [4.78, 5) is 0. The third-order valence-electron chi connectivity index (χ3n) is 1.13. The Bertz CT molecular complexity index is 187. The molecule has 2 unspecified atom stereocenters. The molecule has 0 aliphatic heterocycles. The minimum absolute atomic E-state index is 0.209. The number of halogens is 2. The van der Waals surface area contributed by atoms with Gasteiger partial charge in [-0.3, -0.25) is 0 Å². The molecule has 0 saturated carbocycles. The maximum absolute atomic E-state index is 5.68. The summed E-state index contributed by atoms with van der Waals surface area (Å²) in [5, 5.41) is -0.417. The number of allylic oxidation sites excluding steroid dienone is 4. The Morgan fingerprint density at radius 1 is 0.923 bits per heavy atom. The summed E-state index contributed by atoms with van der Waals surface area (Å²) >= 11 is 11.4. The molecule has 0 aromatic heterocycles. The van der Waals surface area contributed by atoms with Crippen molar-refractivity contribution in [2.24, 2.45) is 0 Å². The van der Waals surface area contributed by atoms with Crippen molar-refractivity contribution in [3.63, 3.8) is 0 Å². The molecular weight excluding hydrogens is 207 g/mol. The molecule has 0 spiro atoms. The van der Waals surface area contributed by atoms with E-state index in [9.17, 15) is 0 Å². The van der Waals surface area contributed by atoms with E-state index in [0.29, 0.717) is 0 Å². The molecule has 0 bridgehead atoms. The molecular formula is C10H12Cl2O. The van der Waals surface area contributed by atoms with Crippen LogP contribution in [0.1, 0.15) is 0 Å². The van der Waals surface area contributed by atoms with Gasteiger partial charge in [-0.25, -0.2) is 0 Å². The Labute approximate surface area is 89.0 Å². The number of hydrogen-bond acceptors (Lipinski definition) is 1. The van der Waals surface area contributed by atoms with Crippen LogP contribution in [-0.4, -0.2) is 10.8 Å². The largest absolute Gasteiger partial charge is 0.473 e. The van der Waals surface area contributed by atoms with Gasteiger partial charge in [0.15, 0.2) is 0 Å². The summed E-state index contributed by atoms with van der Waals surface area (Å²) in [6.45, 7) is 7.02. The first kappa shape index (κ1) is 12.3. The van der Waals surface area contributed by atoms with Crippen molar-refractivity contribution in [3.05, 3.63) is 50.0 Å². The lowest BCUT2D eigenvalue weighted by molar-refractivity contribution is 0.400. The first-order valence-corrected chi connectivity index (χ1v) is 4.60. The quantitative estimate of drug-likeness (QED) is 0.376. The first-order valence-electron chi connectivity index (χ1n) is 3.72. The van der Waals surface area contributed by atoms with Crippen molar-refractivity contribution >= 4 is 23.2 Å². The molecule has 0 aromatic carbocycles. The van der Waals surface area contributed by atoms with E-state index in [2.05, 4.69) is 13.2 Å². The third-order valence-corrected chi connectivity index (χ3v) is 1.78. The summed E-state index contributed by atoms with van der Waals surface area (Å²) in [5.41, 5.74) is 0. The summed E-state index contributed by atoms with van der Waals surface area (Å²) < 4.78 is 4.95. The SMILES string of the molecule is C=CC(Cl)/C=C/O/C=C/C(Cl)C=C.